The van der Waals surface area contributed by atoms with Crippen molar-refractivity contribution in [1.82, 2.24) is 10.3 Å². The minimum absolute atomic E-state index is 0.125. The topological polar surface area (TPSA) is 54.5 Å². The molecule has 0 aliphatic carbocycles. The summed E-state index contributed by atoms with van der Waals surface area (Å²) < 4.78 is 43.7. The number of rotatable bonds is 4. The second kappa shape index (κ2) is 7.75. The first-order valence-corrected chi connectivity index (χ1v) is 9.00. The van der Waals surface area contributed by atoms with Crippen LogP contribution in [0.15, 0.2) is 41.0 Å². The number of hydrogen-bond acceptors (Lipinski definition) is 4. The molecule has 1 atom stereocenters. The Morgan fingerprint density at radius 1 is 1.33 bits per heavy atom. The number of carbonyl (C=O) groups is 1. The monoisotopic (exact) mass is 443 g/mol. The summed E-state index contributed by atoms with van der Waals surface area (Å²) in [5, 5.41) is 2.95. The first-order valence-electron chi connectivity index (χ1n) is 8.20. The summed E-state index contributed by atoms with van der Waals surface area (Å²) in [4.78, 5) is 18.3. The van der Waals surface area contributed by atoms with Crippen molar-refractivity contribution in [3.8, 4) is 5.75 Å². The molecule has 1 saturated heterocycles. The van der Waals surface area contributed by atoms with E-state index in [1.165, 1.54) is 13.2 Å². The van der Waals surface area contributed by atoms with Gasteiger partial charge in [0.05, 0.1) is 18.2 Å². The van der Waals surface area contributed by atoms with E-state index in [0.29, 0.717) is 41.1 Å². The lowest BCUT2D eigenvalue weighted by Crippen LogP contribution is -2.37. The van der Waals surface area contributed by atoms with Gasteiger partial charge in [-0.1, -0.05) is 0 Å². The zero-order valence-electron chi connectivity index (χ0n) is 14.4. The molecule has 144 valence electrons. The fourth-order valence-corrected chi connectivity index (χ4v) is 3.32. The van der Waals surface area contributed by atoms with Crippen molar-refractivity contribution in [1.29, 1.82) is 0 Å². The normalized spacial score (nSPS) is 17.1. The van der Waals surface area contributed by atoms with E-state index in [2.05, 4.69) is 26.2 Å². The van der Waals surface area contributed by atoms with Crippen LogP contribution in [-0.2, 0) is 6.18 Å². The van der Waals surface area contributed by atoms with Gasteiger partial charge in [0.2, 0.25) is 0 Å². The van der Waals surface area contributed by atoms with Crippen LogP contribution in [0.2, 0.25) is 0 Å². The van der Waals surface area contributed by atoms with Gasteiger partial charge >= 0.3 is 6.18 Å². The predicted octanol–water partition coefficient (Wildman–Crippen LogP) is 3.88. The van der Waals surface area contributed by atoms with E-state index in [1.54, 1.807) is 18.2 Å². The summed E-state index contributed by atoms with van der Waals surface area (Å²) in [6, 6.07) is 7.37. The molecule has 1 N–H and O–H groups in total. The first-order chi connectivity index (χ1) is 12.8. The van der Waals surface area contributed by atoms with Gasteiger partial charge in [-0.05, 0) is 52.7 Å². The molecule has 1 aliphatic heterocycles. The van der Waals surface area contributed by atoms with Crippen LogP contribution in [0.25, 0.3) is 0 Å². The number of anilines is 1. The summed E-state index contributed by atoms with van der Waals surface area (Å²) in [7, 11) is 1.52. The molecule has 1 aromatic carbocycles. The van der Waals surface area contributed by atoms with Gasteiger partial charge in [-0.25, -0.2) is 4.98 Å². The van der Waals surface area contributed by atoms with Gasteiger partial charge < -0.3 is 15.0 Å². The van der Waals surface area contributed by atoms with Crippen molar-refractivity contribution in [3.63, 3.8) is 0 Å². The number of amides is 1. The van der Waals surface area contributed by atoms with E-state index in [-0.39, 0.29) is 11.9 Å². The lowest BCUT2D eigenvalue weighted by atomic mass is 10.1. The Morgan fingerprint density at radius 2 is 2.11 bits per heavy atom. The van der Waals surface area contributed by atoms with E-state index in [1.807, 2.05) is 4.90 Å². The van der Waals surface area contributed by atoms with Gasteiger partial charge in [0.1, 0.15) is 11.6 Å². The van der Waals surface area contributed by atoms with Gasteiger partial charge in [-0.3, -0.25) is 4.79 Å². The van der Waals surface area contributed by atoms with Crippen LogP contribution < -0.4 is 15.0 Å². The van der Waals surface area contributed by atoms with Crippen LogP contribution in [0, 0.1) is 0 Å². The molecule has 0 radical (unpaired) electrons. The van der Waals surface area contributed by atoms with Crippen LogP contribution in [0.1, 0.15) is 22.3 Å². The Labute approximate surface area is 162 Å². The minimum Gasteiger partial charge on any atom is -0.497 e. The second-order valence-electron chi connectivity index (χ2n) is 6.15. The standard InChI is InChI=1S/C18H17BrF3N3O2/c1-27-13-3-4-15(19)14(8-13)17(26)24-12-6-7-25(10-12)16-5-2-11(9-23-16)18(20,21)22/h2-5,8-9,12H,6-7,10H2,1H3,(H,24,26)/t12-/m1/s1. The highest BCUT2D eigenvalue weighted by molar-refractivity contribution is 9.10. The Hall–Kier alpha value is -2.29. The van der Waals surface area contributed by atoms with Crippen molar-refractivity contribution in [2.45, 2.75) is 18.6 Å². The number of nitrogens with one attached hydrogen (secondary N) is 1. The molecule has 0 spiro atoms. The van der Waals surface area contributed by atoms with Crippen molar-refractivity contribution in [3.05, 3.63) is 52.1 Å². The highest BCUT2D eigenvalue weighted by Gasteiger charge is 2.31. The third-order valence-electron chi connectivity index (χ3n) is 4.34. The Morgan fingerprint density at radius 3 is 2.74 bits per heavy atom. The van der Waals surface area contributed by atoms with Crippen LogP contribution in [0.3, 0.4) is 0 Å². The number of alkyl halides is 3. The Kier molecular flexibility index (Phi) is 5.59. The SMILES string of the molecule is COc1ccc(Br)c(C(=O)N[C@@H]2CCN(c3ccc(C(F)(F)F)cn3)C2)c1. The van der Waals surface area contributed by atoms with Gasteiger partial charge in [0, 0.05) is 29.8 Å². The van der Waals surface area contributed by atoms with Gasteiger partial charge in [-0.15, -0.1) is 0 Å². The molecule has 1 aliphatic rings. The van der Waals surface area contributed by atoms with E-state index in [0.717, 1.165) is 12.3 Å². The van der Waals surface area contributed by atoms with Crippen molar-refractivity contribution < 1.29 is 22.7 Å². The molecule has 3 rings (SSSR count). The molecule has 5 nitrogen and oxygen atoms in total. The number of benzene rings is 1. The molecule has 2 aromatic rings. The molecular formula is C18H17BrF3N3O2. The van der Waals surface area contributed by atoms with Crippen molar-refractivity contribution in [2.24, 2.45) is 0 Å². The Balaban J connectivity index is 1.64. The third-order valence-corrected chi connectivity index (χ3v) is 5.03. The highest BCUT2D eigenvalue weighted by atomic mass is 79.9. The molecule has 1 aromatic heterocycles. The van der Waals surface area contributed by atoms with Crippen LogP contribution >= 0.6 is 15.9 Å². The molecule has 0 unspecified atom stereocenters. The van der Waals surface area contributed by atoms with Crippen molar-refractivity contribution >= 4 is 27.7 Å². The summed E-state index contributed by atoms with van der Waals surface area (Å²) in [5.41, 5.74) is -0.321. The van der Waals surface area contributed by atoms with Gasteiger partial charge in [-0.2, -0.15) is 13.2 Å². The van der Waals surface area contributed by atoms with Crippen molar-refractivity contribution in [2.75, 3.05) is 25.1 Å². The maximum atomic E-state index is 12.6. The predicted molar refractivity (Wildman–Crippen MR) is 98.0 cm³/mol. The van der Waals surface area contributed by atoms with Gasteiger partial charge in [0.25, 0.3) is 5.91 Å². The molecular weight excluding hydrogens is 427 g/mol. The van der Waals surface area contributed by atoms with Crippen LogP contribution in [0.5, 0.6) is 5.75 Å². The molecule has 0 saturated carbocycles. The number of hydrogen-bond donors (Lipinski definition) is 1. The van der Waals surface area contributed by atoms with Gasteiger partial charge in [0.15, 0.2) is 0 Å². The molecule has 0 bridgehead atoms. The van der Waals surface area contributed by atoms with E-state index in [4.69, 9.17) is 4.74 Å². The number of pyridine rings is 1. The zero-order chi connectivity index (χ0) is 19.6. The minimum atomic E-state index is -4.41. The zero-order valence-corrected chi connectivity index (χ0v) is 16.0. The molecule has 1 amide bonds. The number of nitrogens with zero attached hydrogens (tertiary/aromatic N) is 2. The third kappa shape index (κ3) is 4.52. The quantitative estimate of drug-likeness (QED) is 0.778. The average molecular weight is 444 g/mol. The number of methoxy groups -OCH3 is 1. The average Bonchev–Trinajstić information content (AvgIpc) is 3.10. The first kappa shape index (κ1) is 19.5. The number of aromatic nitrogens is 1. The number of carbonyl (C=O) groups excluding carboxylic acids is 1. The van der Waals surface area contributed by atoms with E-state index in [9.17, 15) is 18.0 Å². The summed E-state index contributed by atoms with van der Waals surface area (Å²) in [6.07, 6.45) is -2.90. The summed E-state index contributed by atoms with van der Waals surface area (Å²) in [6.45, 7) is 1.08. The number of ether oxygens (including phenoxy) is 1. The molecule has 1 fully saturated rings. The van der Waals surface area contributed by atoms with Crippen LogP contribution in [0.4, 0.5) is 19.0 Å². The Bertz CT molecular complexity index is 828. The lowest BCUT2D eigenvalue weighted by Gasteiger charge is -2.19. The molecule has 27 heavy (non-hydrogen) atoms. The van der Waals surface area contributed by atoms with E-state index >= 15 is 0 Å². The largest absolute Gasteiger partial charge is 0.497 e. The summed E-state index contributed by atoms with van der Waals surface area (Å²) in [5.74, 6) is 0.792. The van der Waals surface area contributed by atoms with E-state index < -0.39 is 11.7 Å². The summed E-state index contributed by atoms with van der Waals surface area (Å²) >= 11 is 3.35. The van der Waals surface area contributed by atoms with Crippen LogP contribution in [-0.4, -0.2) is 37.1 Å². The maximum Gasteiger partial charge on any atom is 0.417 e. The second-order valence-corrected chi connectivity index (χ2v) is 7.01. The number of halogens is 4. The maximum absolute atomic E-state index is 12.6. The fraction of sp³-hybridized carbons (Fsp3) is 0.333. The fourth-order valence-electron chi connectivity index (χ4n) is 2.90. The highest BCUT2D eigenvalue weighted by Crippen LogP contribution is 2.30. The molecule has 2 heterocycles. The lowest BCUT2D eigenvalue weighted by molar-refractivity contribution is -0.137. The molecule has 9 heteroatoms. The smallest absolute Gasteiger partial charge is 0.417 e.